The highest BCUT2D eigenvalue weighted by Gasteiger charge is 2.25. The highest BCUT2D eigenvalue weighted by Crippen LogP contribution is 2.35. The number of carbonyl (C=O) groups is 1. The van der Waals surface area contributed by atoms with Gasteiger partial charge in [0.2, 0.25) is 5.91 Å². The maximum absolute atomic E-state index is 11.9. The predicted octanol–water partition coefficient (Wildman–Crippen LogP) is 7.59. The quantitative estimate of drug-likeness (QED) is 0.202. The van der Waals surface area contributed by atoms with Crippen LogP contribution in [-0.4, -0.2) is 30.9 Å². The standard InChI is InChI=1S/C31H43ClN2O2S/c1-22(9-5-4-6-10-23(2)24(3)37)19-34-20-26(13-7-11-25-12-8-14-28(32)17-25)21-36-30-16-15-27(31(33)35)18-29(30)34/h4,6,8,12,14-18,22-24,26,37H,5,7,9-11,13,19-21H2,1-3H3,(H2,33,35)/b6-4+/t22-,23+,24-,26?/m1/s1. The van der Waals surface area contributed by atoms with E-state index in [0.717, 1.165) is 68.1 Å². The maximum Gasteiger partial charge on any atom is 0.248 e. The van der Waals surface area contributed by atoms with Crippen LogP contribution >= 0.6 is 24.2 Å². The van der Waals surface area contributed by atoms with Crippen LogP contribution in [0.25, 0.3) is 0 Å². The van der Waals surface area contributed by atoms with Crippen molar-refractivity contribution >= 4 is 35.8 Å². The summed E-state index contributed by atoms with van der Waals surface area (Å²) < 4.78 is 6.25. The number of ether oxygens (including phenoxy) is 1. The molecule has 4 nitrogen and oxygen atoms in total. The number of fused-ring (bicyclic) bond motifs is 1. The minimum absolute atomic E-state index is 0.403. The fourth-order valence-corrected chi connectivity index (χ4v) is 5.15. The topological polar surface area (TPSA) is 55.6 Å². The molecular weight excluding hydrogens is 500 g/mol. The van der Waals surface area contributed by atoms with Gasteiger partial charge >= 0.3 is 0 Å². The number of thiol groups is 1. The first-order chi connectivity index (χ1) is 17.7. The van der Waals surface area contributed by atoms with E-state index in [4.69, 9.17) is 22.1 Å². The van der Waals surface area contributed by atoms with Crippen molar-refractivity contribution in [3.8, 4) is 5.75 Å². The lowest BCUT2D eigenvalue weighted by Gasteiger charge is -2.29. The van der Waals surface area contributed by atoms with Crippen LogP contribution in [0.4, 0.5) is 5.69 Å². The van der Waals surface area contributed by atoms with Crippen LogP contribution in [0.15, 0.2) is 54.6 Å². The second-order valence-corrected chi connectivity index (χ2v) is 12.0. The number of hydrogen-bond acceptors (Lipinski definition) is 4. The molecule has 0 fully saturated rings. The first-order valence-electron chi connectivity index (χ1n) is 13.6. The van der Waals surface area contributed by atoms with E-state index in [2.05, 4.69) is 62.6 Å². The van der Waals surface area contributed by atoms with Gasteiger partial charge in [0.05, 0.1) is 12.3 Å². The van der Waals surface area contributed by atoms with Gasteiger partial charge in [0.1, 0.15) is 5.75 Å². The number of aryl methyl sites for hydroxylation is 1. The maximum atomic E-state index is 11.9. The summed E-state index contributed by atoms with van der Waals surface area (Å²) in [6, 6.07) is 13.7. The molecule has 0 radical (unpaired) electrons. The number of nitrogens with two attached hydrogens (primary N) is 1. The Bertz CT molecular complexity index is 1040. The van der Waals surface area contributed by atoms with E-state index in [1.807, 2.05) is 24.3 Å². The molecule has 0 spiro atoms. The van der Waals surface area contributed by atoms with E-state index in [9.17, 15) is 4.79 Å². The molecule has 0 saturated heterocycles. The fraction of sp³-hybridized carbons (Fsp3) is 0.516. The molecule has 1 heterocycles. The largest absolute Gasteiger partial charge is 0.491 e. The predicted molar refractivity (Wildman–Crippen MR) is 160 cm³/mol. The van der Waals surface area contributed by atoms with Crippen molar-refractivity contribution in [2.75, 3.05) is 24.6 Å². The summed E-state index contributed by atoms with van der Waals surface area (Å²) in [6.45, 7) is 9.21. The Morgan fingerprint density at radius 2 is 2.03 bits per heavy atom. The summed E-state index contributed by atoms with van der Waals surface area (Å²) in [5.74, 6) is 1.92. The summed E-state index contributed by atoms with van der Waals surface area (Å²) in [4.78, 5) is 14.3. The van der Waals surface area contributed by atoms with Crippen molar-refractivity contribution in [2.45, 2.75) is 64.5 Å². The summed E-state index contributed by atoms with van der Waals surface area (Å²) in [7, 11) is 0. The molecule has 3 rings (SSSR count). The highest BCUT2D eigenvalue weighted by atomic mass is 35.5. The normalized spacial score (nSPS) is 18.1. The minimum atomic E-state index is -0.409. The van der Waals surface area contributed by atoms with Crippen LogP contribution in [0, 0.1) is 17.8 Å². The molecule has 0 aromatic heterocycles. The van der Waals surface area contributed by atoms with Crippen molar-refractivity contribution in [2.24, 2.45) is 23.5 Å². The Kier molecular flexibility index (Phi) is 11.7. The summed E-state index contributed by atoms with van der Waals surface area (Å²) in [5, 5.41) is 1.20. The summed E-state index contributed by atoms with van der Waals surface area (Å²) in [5.41, 5.74) is 8.38. The Labute approximate surface area is 234 Å². The van der Waals surface area contributed by atoms with Crippen molar-refractivity contribution in [1.29, 1.82) is 0 Å². The van der Waals surface area contributed by atoms with Gasteiger partial charge in [0, 0.05) is 34.8 Å². The number of rotatable bonds is 13. The van der Waals surface area contributed by atoms with Crippen LogP contribution in [0.3, 0.4) is 0 Å². The van der Waals surface area contributed by atoms with Crippen molar-refractivity contribution in [3.05, 3.63) is 70.8 Å². The zero-order valence-corrected chi connectivity index (χ0v) is 24.2. The average molecular weight is 543 g/mol. The van der Waals surface area contributed by atoms with E-state index in [1.54, 1.807) is 6.07 Å². The lowest BCUT2D eigenvalue weighted by molar-refractivity contribution is 0.100. The molecule has 1 amide bonds. The number of amides is 1. The van der Waals surface area contributed by atoms with Gasteiger partial charge in [-0.15, -0.1) is 0 Å². The average Bonchev–Trinajstić information content (AvgIpc) is 3.02. The van der Waals surface area contributed by atoms with Gasteiger partial charge in [-0.2, -0.15) is 12.6 Å². The molecule has 2 aromatic rings. The van der Waals surface area contributed by atoms with Gasteiger partial charge in [0.15, 0.2) is 0 Å². The first kappa shape index (κ1) is 29.4. The zero-order valence-electron chi connectivity index (χ0n) is 22.5. The van der Waals surface area contributed by atoms with Gasteiger partial charge in [-0.25, -0.2) is 0 Å². The molecule has 1 aliphatic rings. The van der Waals surface area contributed by atoms with Crippen molar-refractivity contribution < 1.29 is 9.53 Å². The van der Waals surface area contributed by atoms with Gasteiger partial charge in [-0.3, -0.25) is 4.79 Å². The summed E-state index contributed by atoms with van der Waals surface area (Å²) in [6.07, 6.45) is 11.0. The molecule has 2 aromatic carbocycles. The highest BCUT2D eigenvalue weighted by molar-refractivity contribution is 7.80. The molecule has 4 atom stereocenters. The van der Waals surface area contributed by atoms with Crippen molar-refractivity contribution in [3.63, 3.8) is 0 Å². The van der Waals surface area contributed by atoms with Crippen LogP contribution in [0.1, 0.15) is 68.8 Å². The van der Waals surface area contributed by atoms with E-state index >= 15 is 0 Å². The molecule has 2 N–H and O–H groups in total. The third kappa shape index (κ3) is 9.61. The fourth-order valence-electron chi connectivity index (χ4n) is 4.82. The van der Waals surface area contributed by atoms with Gasteiger partial charge in [-0.1, -0.05) is 56.7 Å². The Morgan fingerprint density at radius 3 is 2.76 bits per heavy atom. The number of allylic oxidation sites excluding steroid dienone is 2. The number of benzene rings is 2. The SMILES string of the molecule is C[C@H](CC/C=C/C[C@H](C)[C@@H](C)S)CN1CC(CCCc2cccc(Cl)c2)COc2ccc(C(N)=O)cc21. The van der Waals surface area contributed by atoms with Gasteiger partial charge in [-0.05, 0) is 86.3 Å². The van der Waals surface area contributed by atoms with E-state index in [0.29, 0.717) is 35.2 Å². The van der Waals surface area contributed by atoms with E-state index in [1.165, 1.54) is 5.56 Å². The van der Waals surface area contributed by atoms with E-state index in [-0.39, 0.29) is 0 Å². The minimum Gasteiger partial charge on any atom is -0.491 e. The number of carbonyl (C=O) groups excluding carboxylic acids is 1. The lowest BCUT2D eigenvalue weighted by atomic mass is 9.98. The Balaban J connectivity index is 1.63. The number of hydrogen-bond donors (Lipinski definition) is 2. The monoisotopic (exact) mass is 542 g/mol. The number of anilines is 1. The second kappa shape index (κ2) is 14.7. The zero-order chi connectivity index (χ0) is 26.8. The number of halogens is 1. The van der Waals surface area contributed by atoms with Crippen LogP contribution in [0.5, 0.6) is 5.75 Å². The molecular formula is C31H43ClN2O2S. The smallest absolute Gasteiger partial charge is 0.248 e. The van der Waals surface area contributed by atoms with Gasteiger partial charge in [0.25, 0.3) is 0 Å². The molecule has 6 heteroatoms. The van der Waals surface area contributed by atoms with Crippen molar-refractivity contribution in [1.82, 2.24) is 0 Å². The van der Waals surface area contributed by atoms with E-state index < -0.39 is 5.91 Å². The van der Waals surface area contributed by atoms with Crippen LogP contribution < -0.4 is 15.4 Å². The molecule has 202 valence electrons. The lowest BCUT2D eigenvalue weighted by Crippen LogP contribution is -2.33. The van der Waals surface area contributed by atoms with Crippen LogP contribution in [0.2, 0.25) is 5.02 Å². The third-order valence-corrected chi connectivity index (χ3v) is 8.10. The first-order valence-corrected chi connectivity index (χ1v) is 14.5. The third-order valence-electron chi connectivity index (χ3n) is 7.36. The second-order valence-electron chi connectivity index (χ2n) is 10.8. The molecule has 0 aliphatic carbocycles. The Morgan fingerprint density at radius 1 is 1.22 bits per heavy atom. The Hall–Kier alpha value is -2.11. The summed E-state index contributed by atoms with van der Waals surface area (Å²) >= 11 is 10.7. The van der Waals surface area contributed by atoms with Gasteiger partial charge < -0.3 is 15.4 Å². The van der Waals surface area contributed by atoms with Crippen LogP contribution in [-0.2, 0) is 6.42 Å². The number of primary amides is 1. The molecule has 0 saturated carbocycles. The number of nitrogens with zero attached hydrogens (tertiary/aromatic N) is 1. The molecule has 1 unspecified atom stereocenters. The molecule has 1 aliphatic heterocycles. The molecule has 37 heavy (non-hydrogen) atoms. The molecule has 0 bridgehead atoms.